The van der Waals surface area contributed by atoms with Crippen LogP contribution in [-0.2, 0) is 5.60 Å². The molecule has 1 heterocycles. The summed E-state index contributed by atoms with van der Waals surface area (Å²) in [6, 6.07) is 13.6. The molecule has 1 aliphatic heterocycles. The number of hydrogen-bond acceptors (Lipinski definition) is 2. The molecule has 0 radical (unpaired) electrons. The van der Waals surface area contributed by atoms with Gasteiger partial charge in [0.2, 0.25) is 0 Å². The van der Waals surface area contributed by atoms with Gasteiger partial charge in [0.15, 0.2) is 5.60 Å². The summed E-state index contributed by atoms with van der Waals surface area (Å²) in [6.45, 7) is 4.52. The molecule has 0 amide bonds. The summed E-state index contributed by atoms with van der Waals surface area (Å²) in [5.74, 6) is 0.751. The maximum absolute atomic E-state index is 6.17. The van der Waals surface area contributed by atoms with Gasteiger partial charge in [-0.15, -0.1) is 0 Å². The molecular formula is C16H13BrClNO. The number of ether oxygens (including phenoxy) is 1. The highest BCUT2D eigenvalue weighted by Gasteiger charge is 2.44. The van der Waals surface area contributed by atoms with Crippen LogP contribution < -0.4 is 10.5 Å². The van der Waals surface area contributed by atoms with Gasteiger partial charge in [-0.2, -0.15) is 0 Å². The van der Waals surface area contributed by atoms with Gasteiger partial charge in [-0.25, -0.2) is 0 Å². The summed E-state index contributed by atoms with van der Waals surface area (Å²) < 4.78 is 6.96. The summed E-state index contributed by atoms with van der Waals surface area (Å²) in [7, 11) is 0. The predicted molar refractivity (Wildman–Crippen MR) is 86.0 cm³/mol. The van der Waals surface area contributed by atoms with Crippen molar-refractivity contribution in [2.75, 3.05) is 6.54 Å². The molecule has 1 unspecified atom stereocenters. The van der Waals surface area contributed by atoms with Gasteiger partial charge in [0, 0.05) is 27.7 Å². The topological polar surface area (TPSA) is 35.2 Å². The van der Waals surface area contributed by atoms with Crippen molar-refractivity contribution >= 4 is 33.1 Å². The maximum atomic E-state index is 6.17. The van der Waals surface area contributed by atoms with E-state index in [1.165, 1.54) is 0 Å². The molecule has 3 rings (SSSR count). The molecule has 2 N–H and O–H groups in total. The fraction of sp³-hybridized carbons (Fsp3) is 0.125. The van der Waals surface area contributed by atoms with Crippen LogP contribution in [-0.4, -0.2) is 6.54 Å². The minimum absolute atomic E-state index is 0.314. The minimum atomic E-state index is -0.725. The van der Waals surface area contributed by atoms with E-state index in [-0.39, 0.29) is 0 Å². The lowest BCUT2D eigenvalue weighted by Crippen LogP contribution is -2.38. The van der Waals surface area contributed by atoms with Crippen LogP contribution in [0.3, 0.4) is 0 Å². The summed E-state index contributed by atoms with van der Waals surface area (Å²) in [5.41, 5.74) is 8.02. The van der Waals surface area contributed by atoms with Gasteiger partial charge < -0.3 is 10.5 Å². The third kappa shape index (κ3) is 1.81. The zero-order chi connectivity index (χ0) is 14.3. The van der Waals surface area contributed by atoms with Crippen LogP contribution in [0.1, 0.15) is 11.1 Å². The lowest BCUT2D eigenvalue weighted by molar-refractivity contribution is 0.156. The molecule has 0 saturated heterocycles. The second kappa shape index (κ2) is 4.92. The fourth-order valence-electron chi connectivity index (χ4n) is 2.57. The van der Waals surface area contributed by atoms with Crippen LogP contribution >= 0.6 is 27.5 Å². The number of nitrogens with two attached hydrogens (primary N) is 1. The molecule has 102 valence electrons. The monoisotopic (exact) mass is 349 g/mol. The van der Waals surface area contributed by atoms with Crippen LogP contribution in [0.25, 0.3) is 5.57 Å². The molecule has 0 saturated carbocycles. The molecule has 0 aromatic heterocycles. The van der Waals surface area contributed by atoms with E-state index in [1.807, 2.05) is 36.4 Å². The molecule has 1 atom stereocenters. The maximum Gasteiger partial charge on any atom is 0.171 e. The lowest BCUT2D eigenvalue weighted by Gasteiger charge is -2.29. The number of fused-ring (bicyclic) bond motifs is 1. The molecular weight excluding hydrogens is 338 g/mol. The SMILES string of the molecule is C=C1c2c(ccc(Cl)c2Br)OC1(CN)c1ccccc1. The van der Waals surface area contributed by atoms with Crippen molar-refractivity contribution in [3.05, 3.63) is 69.7 Å². The Labute approximate surface area is 131 Å². The van der Waals surface area contributed by atoms with Gasteiger partial charge in [0.1, 0.15) is 5.75 Å². The summed E-state index contributed by atoms with van der Waals surface area (Å²) in [5, 5.41) is 0.634. The highest BCUT2D eigenvalue weighted by molar-refractivity contribution is 9.10. The van der Waals surface area contributed by atoms with Crippen molar-refractivity contribution in [1.82, 2.24) is 0 Å². The second-order valence-corrected chi connectivity index (χ2v) is 5.91. The Bertz CT molecular complexity index is 686. The molecule has 0 aliphatic carbocycles. The van der Waals surface area contributed by atoms with Gasteiger partial charge in [0.25, 0.3) is 0 Å². The van der Waals surface area contributed by atoms with E-state index < -0.39 is 5.60 Å². The van der Waals surface area contributed by atoms with E-state index in [0.29, 0.717) is 11.6 Å². The standard InChI is InChI=1S/C16H13BrClNO/c1-10-14-13(8-7-12(18)15(14)17)20-16(10,9-19)11-5-3-2-4-6-11/h2-8H,1,9,19H2. The number of halogens is 2. The van der Waals surface area contributed by atoms with Gasteiger partial charge in [0.05, 0.1) is 5.02 Å². The van der Waals surface area contributed by atoms with E-state index in [9.17, 15) is 0 Å². The zero-order valence-corrected chi connectivity index (χ0v) is 13.0. The first-order valence-corrected chi connectivity index (χ1v) is 7.39. The van der Waals surface area contributed by atoms with E-state index in [4.69, 9.17) is 22.1 Å². The van der Waals surface area contributed by atoms with Crippen LogP contribution in [0, 0.1) is 0 Å². The Morgan fingerprint density at radius 3 is 2.55 bits per heavy atom. The quantitative estimate of drug-likeness (QED) is 0.873. The molecule has 0 bridgehead atoms. The Hall–Kier alpha value is -1.29. The molecule has 4 heteroatoms. The number of rotatable bonds is 2. The van der Waals surface area contributed by atoms with Crippen molar-refractivity contribution in [3.8, 4) is 5.75 Å². The average Bonchev–Trinajstić information content (AvgIpc) is 2.78. The largest absolute Gasteiger partial charge is 0.476 e. The van der Waals surface area contributed by atoms with E-state index in [2.05, 4.69) is 22.5 Å². The highest BCUT2D eigenvalue weighted by atomic mass is 79.9. The zero-order valence-electron chi connectivity index (χ0n) is 10.7. The summed E-state index contributed by atoms with van der Waals surface area (Å²) >= 11 is 9.68. The Balaban J connectivity index is 2.19. The van der Waals surface area contributed by atoms with Crippen LogP contribution in [0.5, 0.6) is 5.75 Å². The van der Waals surface area contributed by atoms with Crippen LogP contribution in [0.4, 0.5) is 0 Å². The first-order chi connectivity index (χ1) is 9.60. The number of hydrogen-bond donors (Lipinski definition) is 1. The minimum Gasteiger partial charge on any atom is -0.476 e. The average molecular weight is 351 g/mol. The Kier molecular flexibility index (Phi) is 3.36. The third-order valence-electron chi connectivity index (χ3n) is 3.66. The molecule has 2 aromatic rings. The first kappa shape index (κ1) is 13.7. The molecule has 20 heavy (non-hydrogen) atoms. The van der Waals surface area contributed by atoms with Crippen molar-refractivity contribution in [2.45, 2.75) is 5.60 Å². The summed E-state index contributed by atoms with van der Waals surface area (Å²) in [4.78, 5) is 0. The van der Waals surface area contributed by atoms with Gasteiger partial charge in [-0.05, 0) is 28.1 Å². The lowest BCUT2D eigenvalue weighted by atomic mass is 9.85. The molecule has 1 aliphatic rings. The second-order valence-electron chi connectivity index (χ2n) is 4.71. The van der Waals surface area contributed by atoms with Crippen LogP contribution in [0.15, 0.2) is 53.5 Å². The van der Waals surface area contributed by atoms with Crippen molar-refractivity contribution in [3.63, 3.8) is 0 Å². The third-order valence-corrected chi connectivity index (χ3v) is 5.02. The smallest absolute Gasteiger partial charge is 0.171 e. The molecule has 2 aromatic carbocycles. The van der Waals surface area contributed by atoms with Crippen molar-refractivity contribution in [2.24, 2.45) is 5.73 Å². The molecule has 0 spiro atoms. The van der Waals surface area contributed by atoms with E-state index in [1.54, 1.807) is 6.07 Å². The van der Waals surface area contributed by atoms with Gasteiger partial charge in [-0.1, -0.05) is 48.5 Å². The Morgan fingerprint density at radius 1 is 1.20 bits per heavy atom. The normalized spacial score (nSPS) is 20.6. The summed E-state index contributed by atoms with van der Waals surface area (Å²) in [6.07, 6.45) is 0. The van der Waals surface area contributed by atoms with Crippen molar-refractivity contribution in [1.29, 1.82) is 0 Å². The first-order valence-electron chi connectivity index (χ1n) is 6.22. The van der Waals surface area contributed by atoms with Gasteiger partial charge in [-0.3, -0.25) is 0 Å². The highest BCUT2D eigenvalue weighted by Crippen LogP contribution is 2.52. The van der Waals surface area contributed by atoms with E-state index in [0.717, 1.165) is 26.9 Å². The number of benzene rings is 2. The predicted octanol–water partition coefficient (Wildman–Crippen LogP) is 4.36. The van der Waals surface area contributed by atoms with Gasteiger partial charge >= 0.3 is 0 Å². The molecule has 2 nitrogen and oxygen atoms in total. The van der Waals surface area contributed by atoms with Crippen LogP contribution in [0.2, 0.25) is 5.02 Å². The molecule has 0 fully saturated rings. The van der Waals surface area contributed by atoms with E-state index >= 15 is 0 Å². The van der Waals surface area contributed by atoms with Crippen molar-refractivity contribution < 1.29 is 4.74 Å². The fourth-order valence-corrected chi connectivity index (χ4v) is 3.30. The Morgan fingerprint density at radius 2 is 1.90 bits per heavy atom.